The Morgan fingerprint density at radius 3 is 2.33 bits per heavy atom. The minimum absolute atomic E-state index is 0.164. The van der Waals surface area contributed by atoms with E-state index in [1.807, 2.05) is 54.6 Å². The number of ether oxygens (including phenoxy) is 1. The molecule has 1 aliphatic heterocycles. The molecule has 0 spiro atoms. The van der Waals surface area contributed by atoms with Crippen molar-refractivity contribution < 1.29 is 19.1 Å². The molecule has 7 nitrogen and oxygen atoms in total. The standard InChI is InChI=1S/C27H24ClN3O4S/c1-35-24(33)19-9-13-22(14-10-19)29-23(32)17-27(20-5-3-2-4-6-20)25(34)30-26(36)31(27)16-15-18-7-11-21(28)12-8-18/h2-14H,15-17H2,1H3,(H,29,32)(H,30,34,36). The summed E-state index contributed by atoms with van der Waals surface area (Å²) >= 11 is 11.5. The van der Waals surface area contributed by atoms with Crippen molar-refractivity contribution >= 4 is 52.4 Å². The van der Waals surface area contributed by atoms with Crippen LogP contribution >= 0.6 is 23.8 Å². The lowest BCUT2D eigenvalue weighted by molar-refractivity contribution is -0.131. The number of carbonyl (C=O) groups excluding carboxylic acids is 3. The SMILES string of the molecule is COC(=O)c1ccc(NC(=O)CC2(c3ccccc3)C(=O)NC(=S)N2CCc2ccc(Cl)cc2)cc1. The number of amides is 2. The maximum Gasteiger partial charge on any atom is 0.337 e. The molecule has 2 amide bonds. The highest BCUT2D eigenvalue weighted by Gasteiger charge is 2.53. The van der Waals surface area contributed by atoms with Gasteiger partial charge in [-0.25, -0.2) is 4.79 Å². The lowest BCUT2D eigenvalue weighted by atomic mass is 9.84. The fourth-order valence-electron chi connectivity index (χ4n) is 4.27. The first kappa shape index (κ1) is 25.3. The van der Waals surface area contributed by atoms with Crippen LogP contribution in [0.2, 0.25) is 5.02 Å². The van der Waals surface area contributed by atoms with Gasteiger partial charge in [0, 0.05) is 17.3 Å². The molecule has 1 saturated heterocycles. The van der Waals surface area contributed by atoms with Crippen LogP contribution in [0.3, 0.4) is 0 Å². The molecule has 1 atom stereocenters. The van der Waals surface area contributed by atoms with Gasteiger partial charge in [-0.3, -0.25) is 9.59 Å². The molecule has 4 rings (SSSR count). The van der Waals surface area contributed by atoms with E-state index in [0.717, 1.165) is 5.56 Å². The van der Waals surface area contributed by atoms with Gasteiger partial charge in [0.25, 0.3) is 5.91 Å². The van der Waals surface area contributed by atoms with Gasteiger partial charge >= 0.3 is 5.97 Å². The summed E-state index contributed by atoms with van der Waals surface area (Å²) < 4.78 is 4.71. The first-order valence-electron chi connectivity index (χ1n) is 11.2. The van der Waals surface area contributed by atoms with Crippen molar-refractivity contribution in [2.45, 2.75) is 18.4 Å². The highest BCUT2D eigenvalue weighted by molar-refractivity contribution is 7.80. The van der Waals surface area contributed by atoms with E-state index in [0.29, 0.717) is 34.8 Å². The van der Waals surface area contributed by atoms with Crippen molar-refractivity contribution in [1.29, 1.82) is 0 Å². The predicted molar refractivity (Wildman–Crippen MR) is 142 cm³/mol. The Morgan fingerprint density at radius 2 is 1.69 bits per heavy atom. The van der Waals surface area contributed by atoms with E-state index in [4.69, 9.17) is 28.6 Å². The van der Waals surface area contributed by atoms with Crippen LogP contribution in [0, 0.1) is 0 Å². The second-order valence-corrected chi connectivity index (χ2v) is 9.13. The Morgan fingerprint density at radius 1 is 1.03 bits per heavy atom. The number of esters is 1. The van der Waals surface area contributed by atoms with Gasteiger partial charge in [0.2, 0.25) is 5.91 Å². The Bertz CT molecular complexity index is 1280. The lowest BCUT2D eigenvalue weighted by Gasteiger charge is -2.36. The Kier molecular flexibility index (Phi) is 7.67. The van der Waals surface area contributed by atoms with E-state index < -0.39 is 11.5 Å². The summed E-state index contributed by atoms with van der Waals surface area (Å²) in [6, 6.07) is 22.9. The van der Waals surface area contributed by atoms with Crippen LogP contribution in [-0.2, 0) is 26.3 Å². The molecule has 1 aliphatic rings. The third-order valence-corrected chi connectivity index (χ3v) is 6.67. The number of rotatable bonds is 8. The number of methoxy groups -OCH3 is 1. The largest absolute Gasteiger partial charge is 0.465 e. The molecule has 3 aromatic rings. The molecule has 0 aromatic heterocycles. The number of hydrogen-bond acceptors (Lipinski definition) is 5. The monoisotopic (exact) mass is 521 g/mol. The van der Waals surface area contributed by atoms with Crippen molar-refractivity contribution in [1.82, 2.24) is 10.2 Å². The average molecular weight is 522 g/mol. The van der Waals surface area contributed by atoms with Crippen LogP contribution in [0.5, 0.6) is 0 Å². The van der Waals surface area contributed by atoms with E-state index in [9.17, 15) is 14.4 Å². The first-order valence-corrected chi connectivity index (χ1v) is 12.0. The highest BCUT2D eigenvalue weighted by atomic mass is 35.5. The normalized spacial score (nSPS) is 17.0. The third-order valence-electron chi connectivity index (χ3n) is 6.10. The fourth-order valence-corrected chi connectivity index (χ4v) is 4.74. The van der Waals surface area contributed by atoms with Crippen LogP contribution < -0.4 is 10.6 Å². The number of benzene rings is 3. The minimum atomic E-state index is -1.32. The number of anilines is 1. The van der Waals surface area contributed by atoms with Crippen LogP contribution in [0.25, 0.3) is 0 Å². The quantitative estimate of drug-likeness (QED) is 0.339. The Labute approximate surface area is 219 Å². The summed E-state index contributed by atoms with van der Waals surface area (Å²) in [6.45, 7) is 0.412. The average Bonchev–Trinajstić information content (AvgIpc) is 3.13. The maximum absolute atomic E-state index is 13.4. The van der Waals surface area contributed by atoms with Gasteiger partial charge in [0.1, 0.15) is 0 Å². The summed E-state index contributed by atoms with van der Waals surface area (Å²) in [6.07, 6.45) is 0.430. The molecule has 36 heavy (non-hydrogen) atoms. The zero-order chi connectivity index (χ0) is 25.7. The lowest BCUT2D eigenvalue weighted by Crippen LogP contribution is -2.50. The van der Waals surface area contributed by atoms with Crippen molar-refractivity contribution in [3.8, 4) is 0 Å². The molecule has 9 heteroatoms. The third kappa shape index (κ3) is 5.24. The molecule has 2 N–H and O–H groups in total. The molecule has 1 unspecified atom stereocenters. The molecule has 1 fully saturated rings. The van der Waals surface area contributed by atoms with Gasteiger partial charge in [-0.2, -0.15) is 0 Å². The predicted octanol–water partition coefficient (Wildman–Crippen LogP) is 4.31. The number of carbonyl (C=O) groups is 3. The Balaban J connectivity index is 1.61. The second-order valence-electron chi connectivity index (χ2n) is 8.31. The number of thiocarbonyl (C=S) groups is 1. The summed E-state index contributed by atoms with van der Waals surface area (Å²) in [5.41, 5.74) is 1.23. The molecule has 0 saturated carbocycles. The number of hydrogen-bond donors (Lipinski definition) is 2. The van der Waals surface area contributed by atoms with Gasteiger partial charge in [0.05, 0.1) is 19.1 Å². The molecular formula is C27H24ClN3O4S. The number of halogens is 1. The van der Waals surface area contributed by atoms with Crippen LogP contribution in [0.15, 0.2) is 78.9 Å². The molecular weight excluding hydrogens is 498 g/mol. The molecule has 3 aromatic carbocycles. The van der Waals surface area contributed by atoms with Gasteiger partial charge < -0.3 is 20.3 Å². The molecule has 1 heterocycles. The van der Waals surface area contributed by atoms with Crippen LogP contribution in [0.4, 0.5) is 5.69 Å². The highest BCUT2D eigenvalue weighted by Crippen LogP contribution is 2.37. The zero-order valence-electron chi connectivity index (χ0n) is 19.5. The second kappa shape index (κ2) is 10.9. The van der Waals surface area contributed by atoms with E-state index >= 15 is 0 Å². The summed E-state index contributed by atoms with van der Waals surface area (Å²) in [5.74, 6) is -1.20. The van der Waals surface area contributed by atoms with Crippen LogP contribution in [-0.4, -0.2) is 41.5 Å². The summed E-state index contributed by atoms with van der Waals surface area (Å²) in [7, 11) is 1.30. The summed E-state index contributed by atoms with van der Waals surface area (Å²) in [5, 5.41) is 6.50. The van der Waals surface area contributed by atoms with Gasteiger partial charge in [0.15, 0.2) is 10.7 Å². The summed E-state index contributed by atoms with van der Waals surface area (Å²) in [4.78, 5) is 40.2. The van der Waals surface area contributed by atoms with Gasteiger partial charge in [-0.15, -0.1) is 0 Å². The maximum atomic E-state index is 13.4. The molecule has 0 radical (unpaired) electrons. The molecule has 184 valence electrons. The topological polar surface area (TPSA) is 87.7 Å². The van der Waals surface area contributed by atoms with E-state index in [1.54, 1.807) is 29.2 Å². The van der Waals surface area contributed by atoms with E-state index in [2.05, 4.69) is 10.6 Å². The van der Waals surface area contributed by atoms with Crippen molar-refractivity contribution in [3.63, 3.8) is 0 Å². The van der Waals surface area contributed by atoms with Gasteiger partial charge in [-0.1, -0.05) is 54.1 Å². The zero-order valence-corrected chi connectivity index (χ0v) is 21.1. The van der Waals surface area contributed by atoms with Crippen molar-refractivity contribution in [2.24, 2.45) is 0 Å². The van der Waals surface area contributed by atoms with Crippen molar-refractivity contribution in [2.75, 3.05) is 19.0 Å². The Hall–Kier alpha value is -3.75. The molecule has 0 bridgehead atoms. The van der Waals surface area contributed by atoms with Crippen LogP contribution in [0.1, 0.15) is 27.9 Å². The van der Waals surface area contributed by atoms with E-state index in [1.165, 1.54) is 7.11 Å². The minimum Gasteiger partial charge on any atom is -0.465 e. The smallest absolute Gasteiger partial charge is 0.337 e. The van der Waals surface area contributed by atoms with E-state index in [-0.39, 0.29) is 23.3 Å². The number of nitrogens with zero attached hydrogens (tertiary/aromatic N) is 1. The van der Waals surface area contributed by atoms with Crippen molar-refractivity contribution in [3.05, 3.63) is 101 Å². The molecule has 0 aliphatic carbocycles. The first-order chi connectivity index (χ1) is 17.3. The van der Waals surface area contributed by atoms with Gasteiger partial charge in [-0.05, 0) is 66.2 Å². The number of nitrogens with one attached hydrogen (secondary N) is 2. The fraction of sp³-hybridized carbons (Fsp3) is 0.185.